The van der Waals surface area contributed by atoms with Gasteiger partial charge in [0.15, 0.2) is 5.78 Å². The van der Waals surface area contributed by atoms with Crippen molar-refractivity contribution in [3.63, 3.8) is 0 Å². The number of nitrogens with zero attached hydrogens (tertiary/aromatic N) is 4. The number of aliphatic imine (C=N–C) groups is 1. The minimum atomic E-state index is -0.558. The highest BCUT2D eigenvalue weighted by Crippen LogP contribution is 2.31. The summed E-state index contributed by atoms with van der Waals surface area (Å²) < 4.78 is 6.42. The van der Waals surface area contributed by atoms with Crippen molar-refractivity contribution in [2.45, 2.75) is 109 Å². The van der Waals surface area contributed by atoms with E-state index in [9.17, 15) is 9.59 Å². The third-order valence-corrected chi connectivity index (χ3v) is 10.5. The maximum Gasteiger partial charge on any atom is 0.288 e. The molecule has 5 rings (SSSR count). The molecular weight excluding hydrogens is 597 g/mol. The second-order valence-electron chi connectivity index (χ2n) is 13.5. The summed E-state index contributed by atoms with van der Waals surface area (Å²) in [5, 5.41) is 5.61. The first kappa shape index (κ1) is 34.5. The number of nitrogens with one attached hydrogen (secondary N) is 1. The van der Waals surface area contributed by atoms with E-state index in [2.05, 4.69) is 59.5 Å². The van der Waals surface area contributed by atoms with Gasteiger partial charge in [-0.1, -0.05) is 57.0 Å². The maximum atomic E-state index is 14.3. The van der Waals surface area contributed by atoms with Crippen molar-refractivity contribution >= 4 is 29.0 Å². The Labute approximate surface area is 279 Å². The van der Waals surface area contributed by atoms with Gasteiger partial charge in [0.2, 0.25) is 5.91 Å². The lowest BCUT2D eigenvalue weighted by Crippen LogP contribution is -2.62. The minimum Gasteiger partial charge on any atom is -0.455 e. The first-order valence-electron chi connectivity index (χ1n) is 17.4. The van der Waals surface area contributed by atoms with Gasteiger partial charge in [-0.2, -0.15) is 0 Å². The second kappa shape index (κ2) is 16.9. The number of piperidine rings is 1. The van der Waals surface area contributed by atoms with Crippen LogP contribution in [0.1, 0.15) is 87.8 Å². The van der Waals surface area contributed by atoms with Crippen LogP contribution in [-0.4, -0.2) is 95.8 Å². The number of Topliss-reactive ketones (excluding diaryl/α,β-unsaturated/α-hetero) is 1. The van der Waals surface area contributed by atoms with Gasteiger partial charge < -0.3 is 30.5 Å². The maximum absolute atomic E-state index is 14.3. The molecule has 2 fully saturated rings. The number of carbonyl (C=O) groups excluding carboxylic acids is 2. The van der Waals surface area contributed by atoms with Gasteiger partial charge in [-0.25, -0.2) is 4.99 Å². The third-order valence-electron chi connectivity index (χ3n) is 9.48. The van der Waals surface area contributed by atoms with Crippen molar-refractivity contribution in [3.05, 3.63) is 57.8 Å². The van der Waals surface area contributed by atoms with Gasteiger partial charge in [0, 0.05) is 43.5 Å². The number of rotatable bonds is 14. The molecule has 3 aliphatic heterocycles. The number of ketones is 1. The fraction of sp³-hybridized carbons (Fsp3) is 0.639. The lowest BCUT2D eigenvalue weighted by atomic mass is 9.99. The van der Waals surface area contributed by atoms with Crippen molar-refractivity contribution in [2.75, 3.05) is 39.3 Å². The monoisotopic (exact) mass is 650 g/mol. The van der Waals surface area contributed by atoms with E-state index in [-0.39, 0.29) is 35.9 Å². The summed E-state index contributed by atoms with van der Waals surface area (Å²) in [6.45, 7) is 11.7. The van der Waals surface area contributed by atoms with Crippen molar-refractivity contribution in [1.29, 1.82) is 0 Å². The van der Waals surface area contributed by atoms with Crippen LogP contribution in [0.5, 0.6) is 0 Å². The number of hydrogen-bond acceptors (Lipinski definition) is 9. The van der Waals surface area contributed by atoms with E-state index < -0.39 is 6.04 Å². The zero-order chi connectivity index (χ0) is 32.5. The van der Waals surface area contributed by atoms with Crippen LogP contribution < -0.4 is 11.1 Å². The van der Waals surface area contributed by atoms with Gasteiger partial charge in [0.1, 0.15) is 12.1 Å². The molecule has 252 valence electrons. The number of ether oxygens (including phenoxy) is 1. The number of amidine groups is 1. The number of likely N-dealkylation sites (tertiary alicyclic amines) is 1. The first-order valence-corrected chi connectivity index (χ1v) is 18.3. The Hall–Kier alpha value is -2.79. The third kappa shape index (κ3) is 9.18. The molecule has 0 aliphatic carbocycles. The number of aryl methyl sites for hydroxylation is 1. The Morgan fingerprint density at radius 2 is 1.87 bits per heavy atom. The number of benzene rings is 1. The van der Waals surface area contributed by atoms with E-state index in [4.69, 9.17) is 15.5 Å². The predicted molar refractivity (Wildman–Crippen MR) is 186 cm³/mol. The second-order valence-corrected chi connectivity index (χ2v) is 14.5. The fourth-order valence-corrected chi connectivity index (χ4v) is 7.86. The normalized spacial score (nSPS) is 23.0. The van der Waals surface area contributed by atoms with E-state index >= 15 is 0 Å². The highest BCUT2D eigenvalue weighted by Gasteiger charge is 2.41. The Morgan fingerprint density at radius 3 is 2.59 bits per heavy atom. The standard InChI is InChI=1S/C36H54N6O3S/c1-26(2)38-31(14-8-11-19-40-17-9-5-10-18-40)35(44)42-21-20-41(36-39-27(3)34(45-36)29-12-6-4-7-13-29)24-32(42)33(43)16-15-30-22-28(23-37)25-46-30/h4,6-7,12-13,22,25-27,31-32,34,38H,5,8-11,14-21,23-24,37H2,1-3H3/t27-,31+,32-,34+/m0/s1. The highest BCUT2D eigenvalue weighted by molar-refractivity contribution is 7.10. The molecule has 0 radical (unpaired) electrons. The number of carbonyl (C=O) groups is 2. The highest BCUT2D eigenvalue weighted by atomic mass is 32.1. The summed E-state index contributed by atoms with van der Waals surface area (Å²) in [7, 11) is 0. The van der Waals surface area contributed by atoms with E-state index in [0.29, 0.717) is 45.0 Å². The number of amides is 1. The summed E-state index contributed by atoms with van der Waals surface area (Å²) in [6.07, 6.45) is 7.63. The molecule has 9 nitrogen and oxygen atoms in total. The van der Waals surface area contributed by atoms with Gasteiger partial charge in [-0.3, -0.25) is 9.59 Å². The molecule has 46 heavy (non-hydrogen) atoms. The van der Waals surface area contributed by atoms with Crippen LogP contribution in [0.2, 0.25) is 0 Å². The molecule has 3 aliphatic rings. The van der Waals surface area contributed by atoms with Crippen molar-refractivity contribution in [3.8, 4) is 0 Å². The van der Waals surface area contributed by atoms with E-state index in [1.165, 1.54) is 32.4 Å². The Kier molecular flexibility index (Phi) is 12.7. The van der Waals surface area contributed by atoms with Crippen LogP contribution in [0.3, 0.4) is 0 Å². The van der Waals surface area contributed by atoms with Gasteiger partial charge in [0.25, 0.3) is 6.02 Å². The van der Waals surface area contributed by atoms with Crippen molar-refractivity contribution in [2.24, 2.45) is 10.7 Å². The summed E-state index contributed by atoms with van der Waals surface area (Å²) >= 11 is 1.65. The summed E-state index contributed by atoms with van der Waals surface area (Å²) in [6, 6.07) is 12.1. The van der Waals surface area contributed by atoms with Crippen LogP contribution in [-0.2, 0) is 27.3 Å². The summed E-state index contributed by atoms with van der Waals surface area (Å²) in [5.41, 5.74) is 8.00. The van der Waals surface area contributed by atoms with Gasteiger partial charge in [-0.05, 0) is 81.2 Å². The molecule has 1 aromatic carbocycles. The van der Waals surface area contributed by atoms with Crippen molar-refractivity contribution in [1.82, 2.24) is 20.0 Å². The molecule has 4 atom stereocenters. The molecule has 0 bridgehead atoms. The minimum absolute atomic E-state index is 0.0358. The fourth-order valence-electron chi connectivity index (χ4n) is 6.95. The number of hydrogen-bond donors (Lipinski definition) is 2. The zero-order valence-corrected chi connectivity index (χ0v) is 28.9. The number of nitrogens with two attached hydrogens (primary N) is 1. The Morgan fingerprint density at radius 1 is 1.09 bits per heavy atom. The van der Waals surface area contributed by atoms with Crippen LogP contribution in [0, 0.1) is 0 Å². The van der Waals surface area contributed by atoms with Crippen LogP contribution in [0.4, 0.5) is 0 Å². The molecule has 2 aromatic rings. The van der Waals surface area contributed by atoms with E-state index in [1.54, 1.807) is 11.3 Å². The van der Waals surface area contributed by atoms with Crippen LogP contribution in [0.25, 0.3) is 0 Å². The molecule has 4 heterocycles. The molecule has 1 aromatic heterocycles. The van der Waals surface area contributed by atoms with Crippen LogP contribution in [0.15, 0.2) is 46.8 Å². The average Bonchev–Trinajstić information content (AvgIpc) is 3.71. The summed E-state index contributed by atoms with van der Waals surface area (Å²) in [4.78, 5) is 40.8. The molecule has 0 spiro atoms. The van der Waals surface area contributed by atoms with Gasteiger partial charge >= 0.3 is 0 Å². The zero-order valence-electron chi connectivity index (χ0n) is 28.0. The van der Waals surface area contributed by atoms with Crippen molar-refractivity contribution < 1.29 is 14.3 Å². The number of unbranched alkanes of at least 4 members (excludes halogenated alkanes) is 1. The lowest BCUT2D eigenvalue weighted by Gasteiger charge is -2.42. The largest absolute Gasteiger partial charge is 0.455 e. The number of piperazine rings is 1. The molecule has 3 N–H and O–H groups in total. The predicted octanol–water partition coefficient (Wildman–Crippen LogP) is 4.76. The molecule has 10 heteroatoms. The van der Waals surface area contributed by atoms with Gasteiger partial charge in [0.05, 0.1) is 12.1 Å². The summed E-state index contributed by atoms with van der Waals surface area (Å²) in [5.74, 6) is 0.122. The van der Waals surface area contributed by atoms with Crippen LogP contribution >= 0.6 is 11.3 Å². The lowest BCUT2D eigenvalue weighted by molar-refractivity contribution is -0.144. The molecule has 0 unspecified atom stereocenters. The topological polar surface area (TPSA) is 104 Å². The molecule has 0 saturated carbocycles. The smallest absolute Gasteiger partial charge is 0.288 e. The SMILES string of the molecule is CC(C)N[C@H](CCCCN1CCCCC1)C(=O)N1CCN(C2=N[C@@H](C)[C@H](c3ccccc3)O2)C[C@H]1C(=O)CCc1cc(CN)cs1. The Balaban J connectivity index is 1.27. The number of thiophene rings is 1. The van der Waals surface area contributed by atoms with Gasteiger partial charge in [-0.15, -0.1) is 11.3 Å². The molecular formula is C36H54N6O3S. The van der Waals surface area contributed by atoms with E-state index in [1.807, 2.05) is 23.1 Å². The van der Waals surface area contributed by atoms with E-state index in [0.717, 1.165) is 41.8 Å². The molecule has 1 amide bonds. The average molecular weight is 651 g/mol. The Bertz CT molecular complexity index is 1290. The first-order chi connectivity index (χ1) is 22.3. The quantitative estimate of drug-likeness (QED) is 0.284. The molecule has 2 saturated heterocycles.